The number of nitrogens with zero attached hydrogens (tertiary/aromatic N) is 1. The number of aryl methyl sites for hydroxylation is 1. The second-order valence-electron chi connectivity index (χ2n) is 4.89. The molecule has 8 heteroatoms. The summed E-state index contributed by atoms with van der Waals surface area (Å²) >= 11 is 5.85. The third-order valence-corrected chi connectivity index (χ3v) is 6.05. The first-order valence-electron chi connectivity index (χ1n) is 6.21. The van der Waals surface area contributed by atoms with E-state index >= 15 is 0 Å². The topological polar surface area (TPSA) is 89.3 Å². The zero-order chi connectivity index (χ0) is 14.9. The summed E-state index contributed by atoms with van der Waals surface area (Å²) in [5.41, 5.74) is 1.14. The summed E-state index contributed by atoms with van der Waals surface area (Å²) in [6.07, 6.45) is 1.34. The molecule has 1 unspecified atom stereocenters. The predicted octanol–water partition coefficient (Wildman–Crippen LogP) is 2.55. The lowest BCUT2D eigenvalue weighted by Gasteiger charge is -2.14. The first-order valence-corrected chi connectivity index (χ1v) is 8.30. The van der Waals surface area contributed by atoms with Gasteiger partial charge < -0.3 is 5.32 Å². The molecule has 0 aliphatic carbocycles. The first-order chi connectivity index (χ1) is 9.31. The Balaban J connectivity index is 2.15. The smallest absolute Gasteiger partial charge is 0.288 e. The van der Waals surface area contributed by atoms with Crippen molar-refractivity contribution in [2.75, 3.05) is 17.6 Å². The van der Waals surface area contributed by atoms with Crippen LogP contribution in [0.1, 0.15) is 18.4 Å². The second kappa shape index (κ2) is 5.57. The van der Waals surface area contributed by atoms with Crippen LogP contribution in [0.5, 0.6) is 0 Å². The monoisotopic (exact) mass is 318 g/mol. The van der Waals surface area contributed by atoms with E-state index in [1.54, 1.807) is 6.92 Å². The molecule has 0 saturated carbocycles. The number of hydrogen-bond donors (Lipinski definition) is 1. The Labute approximate surface area is 122 Å². The number of rotatable bonds is 4. The van der Waals surface area contributed by atoms with Crippen LogP contribution in [0.2, 0.25) is 5.02 Å². The maximum Gasteiger partial charge on any atom is 0.288 e. The molecular formula is C12H15ClN2O4S. The number of nitro benzene ring substituents is 1. The lowest BCUT2D eigenvalue weighted by atomic mass is 10.1. The van der Waals surface area contributed by atoms with Crippen LogP contribution in [0.3, 0.4) is 0 Å². The van der Waals surface area contributed by atoms with E-state index in [1.807, 2.05) is 0 Å². The van der Waals surface area contributed by atoms with Crippen molar-refractivity contribution in [3.63, 3.8) is 0 Å². The maximum atomic E-state index is 11.7. The van der Waals surface area contributed by atoms with Crippen molar-refractivity contribution in [3.8, 4) is 0 Å². The molecule has 0 bridgehead atoms. The van der Waals surface area contributed by atoms with Gasteiger partial charge in [0.1, 0.15) is 5.02 Å². The van der Waals surface area contributed by atoms with E-state index in [2.05, 4.69) is 5.32 Å². The fraction of sp³-hybridized carbons (Fsp3) is 0.500. The van der Waals surface area contributed by atoms with Crippen molar-refractivity contribution < 1.29 is 13.3 Å². The van der Waals surface area contributed by atoms with Crippen LogP contribution in [-0.4, -0.2) is 30.9 Å². The Hall–Kier alpha value is -1.34. The molecule has 1 atom stereocenters. The normalized spacial score (nSPS) is 20.8. The summed E-state index contributed by atoms with van der Waals surface area (Å²) in [4.78, 5) is 10.2. The van der Waals surface area contributed by atoms with E-state index < -0.39 is 20.0 Å². The van der Waals surface area contributed by atoms with E-state index in [4.69, 9.17) is 11.6 Å². The average molecular weight is 319 g/mol. The SMILES string of the molecule is Cc1cc([N+](=O)[O-])c(Cl)cc1NCC1CCCS1(=O)=O. The Kier molecular flexibility index (Phi) is 4.19. The quantitative estimate of drug-likeness (QED) is 0.680. The van der Waals surface area contributed by atoms with Crippen LogP contribution in [0.15, 0.2) is 12.1 Å². The molecule has 1 heterocycles. The van der Waals surface area contributed by atoms with Gasteiger partial charge in [-0.05, 0) is 31.4 Å². The summed E-state index contributed by atoms with van der Waals surface area (Å²) in [6.45, 7) is 2.02. The second-order valence-corrected chi connectivity index (χ2v) is 7.70. The standard InChI is InChI=1S/C12H15ClN2O4S/c1-8-5-12(15(16)17)10(13)6-11(8)14-7-9-3-2-4-20(9,18)19/h5-6,9,14H,2-4,7H2,1H3. The lowest BCUT2D eigenvalue weighted by Crippen LogP contribution is -2.25. The Morgan fingerprint density at radius 2 is 2.20 bits per heavy atom. The number of anilines is 1. The van der Waals surface area contributed by atoms with E-state index in [9.17, 15) is 18.5 Å². The van der Waals surface area contributed by atoms with Gasteiger partial charge in [-0.3, -0.25) is 10.1 Å². The highest BCUT2D eigenvalue weighted by atomic mass is 35.5. The molecule has 0 aromatic heterocycles. The maximum absolute atomic E-state index is 11.7. The van der Waals surface area contributed by atoms with Crippen molar-refractivity contribution in [3.05, 3.63) is 32.8 Å². The number of sulfone groups is 1. The molecule has 0 amide bonds. The number of nitro groups is 1. The van der Waals surface area contributed by atoms with Crippen molar-refractivity contribution in [1.82, 2.24) is 0 Å². The lowest BCUT2D eigenvalue weighted by molar-refractivity contribution is -0.384. The molecule has 1 aromatic carbocycles. The minimum atomic E-state index is -3.01. The summed E-state index contributed by atoms with van der Waals surface area (Å²) < 4.78 is 23.4. The van der Waals surface area contributed by atoms with Gasteiger partial charge in [-0.1, -0.05) is 11.6 Å². The highest BCUT2D eigenvalue weighted by molar-refractivity contribution is 7.92. The molecule has 1 aliphatic heterocycles. The number of benzene rings is 1. The van der Waals surface area contributed by atoms with Gasteiger partial charge in [-0.15, -0.1) is 0 Å². The summed E-state index contributed by atoms with van der Waals surface area (Å²) in [5.74, 6) is 0.235. The molecule has 1 fully saturated rings. The molecule has 1 N–H and O–H groups in total. The van der Waals surface area contributed by atoms with Gasteiger partial charge in [0, 0.05) is 18.3 Å². The average Bonchev–Trinajstić information content (AvgIpc) is 2.68. The van der Waals surface area contributed by atoms with Crippen molar-refractivity contribution in [2.45, 2.75) is 25.0 Å². The summed E-state index contributed by atoms with van der Waals surface area (Å²) in [5, 5.41) is 13.4. The third-order valence-electron chi connectivity index (χ3n) is 3.47. The summed E-state index contributed by atoms with van der Waals surface area (Å²) in [6, 6.07) is 2.85. The minimum Gasteiger partial charge on any atom is -0.383 e. The number of hydrogen-bond acceptors (Lipinski definition) is 5. The summed E-state index contributed by atoms with van der Waals surface area (Å²) in [7, 11) is -3.01. The molecule has 1 aromatic rings. The van der Waals surface area contributed by atoms with Crippen LogP contribution in [0.4, 0.5) is 11.4 Å². The van der Waals surface area contributed by atoms with E-state index in [0.717, 1.165) is 0 Å². The molecule has 1 saturated heterocycles. The molecule has 0 spiro atoms. The minimum absolute atomic E-state index is 0.0392. The van der Waals surface area contributed by atoms with Crippen LogP contribution >= 0.6 is 11.6 Å². The van der Waals surface area contributed by atoms with Crippen molar-refractivity contribution in [1.29, 1.82) is 0 Å². The molecule has 20 heavy (non-hydrogen) atoms. The van der Waals surface area contributed by atoms with E-state index in [-0.39, 0.29) is 16.5 Å². The first kappa shape index (κ1) is 15.1. The molecule has 110 valence electrons. The van der Waals surface area contributed by atoms with Crippen LogP contribution in [-0.2, 0) is 9.84 Å². The Bertz CT molecular complexity index is 645. The highest BCUT2D eigenvalue weighted by Crippen LogP contribution is 2.31. The van der Waals surface area contributed by atoms with Crippen molar-refractivity contribution in [2.24, 2.45) is 0 Å². The highest BCUT2D eigenvalue weighted by Gasteiger charge is 2.31. The van der Waals surface area contributed by atoms with Gasteiger partial charge in [0.15, 0.2) is 9.84 Å². The van der Waals surface area contributed by atoms with Gasteiger partial charge in [-0.25, -0.2) is 8.42 Å². The fourth-order valence-electron chi connectivity index (χ4n) is 2.31. The molecule has 0 radical (unpaired) electrons. The third kappa shape index (κ3) is 3.04. The van der Waals surface area contributed by atoms with Gasteiger partial charge in [-0.2, -0.15) is 0 Å². The van der Waals surface area contributed by atoms with Crippen molar-refractivity contribution >= 4 is 32.8 Å². The molecule has 2 rings (SSSR count). The van der Waals surface area contributed by atoms with Crippen LogP contribution in [0.25, 0.3) is 0 Å². The zero-order valence-electron chi connectivity index (χ0n) is 10.9. The predicted molar refractivity (Wildman–Crippen MR) is 78.1 cm³/mol. The van der Waals surface area contributed by atoms with Gasteiger partial charge in [0.05, 0.1) is 15.9 Å². The Morgan fingerprint density at radius 1 is 1.50 bits per heavy atom. The molecule has 6 nitrogen and oxygen atoms in total. The van der Waals surface area contributed by atoms with Crippen LogP contribution in [0, 0.1) is 17.0 Å². The Morgan fingerprint density at radius 3 is 2.75 bits per heavy atom. The number of nitrogens with one attached hydrogen (secondary N) is 1. The van der Waals surface area contributed by atoms with E-state index in [1.165, 1.54) is 12.1 Å². The number of halogens is 1. The van der Waals surface area contributed by atoms with Gasteiger partial charge in [0.25, 0.3) is 5.69 Å². The van der Waals surface area contributed by atoms with Crippen LogP contribution < -0.4 is 5.32 Å². The molecule has 1 aliphatic rings. The largest absolute Gasteiger partial charge is 0.383 e. The van der Waals surface area contributed by atoms with E-state index in [0.29, 0.717) is 30.6 Å². The zero-order valence-corrected chi connectivity index (χ0v) is 12.5. The molecular weight excluding hydrogens is 304 g/mol. The van der Waals surface area contributed by atoms with Gasteiger partial charge >= 0.3 is 0 Å². The fourth-order valence-corrected chi connectivity index (χ4v) is 4.31. The van der Waals surface area contributed by atoms with Gasteiger partial charge in [0.2, 0.25) is 0 Å².